The second kappa shape index (κ2) is 6.07. The Morgan fingerprint density at radius 1 is 1.20 bits per heavy atom. The zero-order chi connectivity index (χ0) is 14.1. The lowest BCUT2D eigenvalue weighted by atomic mass is 9.95. The summed E-state index contributed by atoms with van der Waals surface area (Å²) in [6.07, 6.45) is 7.48. The SMILES string of the molecule is O=C(c1cc(Br)ccc1Cl)N1CCCC1C1CCCC1. The van der Waals surface area contributed by atoms with Gasteiger partial charge in [-0.1, -0.05) is 40.4 Å². The predicted octanol–water partition coefficient (Wildman–Crippen LogP) is 4.90. The van der Waals surface area contributed by atoms with E-state index in [2.05, 4.69) is 20.8 Å². The number of nitrogens with zero attached hydrogens (tertiary/aromatic N) is 1. The fourth-order valence-corrected chi connectivity index (χ4v) is 4.25. The molecule has 1 amide bonds. The van der Waals surface area contributed by atoms with Gasteiger partial charge in [0.15, 0.2) is 0 Å². The molecule has 0 radical (unpaired) electrons. The molecular formula is C16H19BrClNO. The van der Waals surface area contributed by atoms with Crippen LogP contribution >= 0.6 is 27.5 Å². The van der Waals surface area contributed by atoms with E-state index in [0.29, 0.717) is 22.5 Å². The van der Waals surface area contributed by atoms with Crippen LogP contribution in [-0.4, -0.2) is 23.4 Å². The molecule has 0 bridgehead atoms. The fourth-order valence-electron chi connectivity index (χ4n) is 3.69. The monoisotopic (exact) mass is 355 g/mol. The van der Waals surface area contributed by atoms with Crippen LogP contribution in [0.1, 0.15) is 48.9 Å². The smallest absolute Gasteiger partial charge is 0.255 e. The molecule has 2 aliphatic rings. The highest BCUT2D eigenvalue weighted by atomic mass is 79.9. The van der Waals surface area contributed by atoms with Gasteiger partial charge >= 0.3 is 0 Å². The van der Waals surface area contributed by atoms with Gasteiger partial charge in [-0.15, -0.1) is 0 Å². The molecule has 1 heterocycles. The van der Waals surface area contributed by atoms with Gasteiger partial charge in [0, 0.05) is 17.1 Å². The summed E-state index contributed by atoms with van der Waals surface area (Å²) in [5, 5.41) is 0.551. The van der Waals surface area contributed by atoms with Crippen LogP contribution in [-0.2, 0) is 0 Å². The molecule has 1 atom stereocenters. The molecule has 4 heteroatoms. The van der Waals surface area contributed by atoms with Gasteiger partial charge in [0.25, 0.3) is 5.91 Å². The first-order chi connectivity index (χ1) is 9.66. The highest BCUT2D eigenvalue weighted by Crippen LogP contribution is 2.36. The summed E-state index contributed by atoms with van der Waals surface area (Å²) in [4.78, 5) is 14.9. The van der Waals surface area contributed by atoms with Gasteiger partial charge in [0.05, 0.1) is 10.6 Å². The molecule has 1 aliphatic carbocycles. The Morgan fingerprint density at radius 3 is 2.70 bits per heavy atom. The maximum absolute atomic E-state index is 12.8. The van der Waals surface area contributed by atoms with E-state index in [1.807, 2.05) is 12.1 Å². The lowest BCUT2D eigenvalue weighted by molar-refractivity contribution is 0.0689. The minimum atomic E-state index is 0.103. The molecule has 3 rings (SSSR count). The lowest BCUT2D eigenvalue weighted by Crippen LogP contribution is -2.39. The fraction of sp³-hybridized carbons (Fsp3) is 0.562. The van der Waals surface area contributed by atoms with Gasteiger partial charge in [-0.3, -0.25) is 4.79 Å². The van der Waals surface area contributed by atoms with Gasteiger partial charge in [0.1, 0.15) is 0 Å². The summed E-state index contributed by atoms with van der Waals surface area (Å²) in [6.45, 7) is 0.878. The van der Waals surface area contributed by atoms with Crippen LogP contribution in [0, 0.1) is 5.92 Å². The van der Waals surface area contributed by atoms with Gasteiger partial charge in [0.2, 0.25) is 0 Å². The summed E-state index contributed by atoms with van der Waals surface area (Å²) in [5.41, 5.74) is 0.630. The van der Waals surface area contributed by atoms with Crippen LogP contribution in [0.3, 0.4) is 0 Å². The Bertz CT molecular complexity index is 513. The lowest BCUT2D eigenvalue weighted by Gasteiger charge is -2.29. The van der Waals surface area contributed by atoms with Crippen molar-refractivity contribution in [2.24, 2.45) is 5.92 Å². The highest BCUT2D eigenvalue weighted by Gasteiger charge is 2.36. The van der Waals surface area contributed by atoms with Crippen LogP contribution in [0.2, 0.25) is 5.02 Å². The molecule has 1 saturated carbocycles. The molecule has 20 heavy (non-hydrogen) atoms. The Hall–Kier alpha value is -0.540. The molecule has 0 aromatic heterocycles. The van der Waals surface area contributed by atoms with Crippen LogP contribution in [0.15, 0.2) is 22.7 Å². The number of hydrogen-bond donors (Lipinski definition) is 0. The second-order valence-corrected chi connectivity index (χ2v) is 7.20. The Balaban J connectivity index is 1.83. The first-order valence-electron chi connectivity index (χ1n) is 7.43. The van der Waals surface area contributed by atoms with Crippen LogP contribution in [0.25, 0.3) is 0 Å². The van der Waals surface area contributed by atoms with Crippen molar-refractivity contribution in [1.29, 1.82) is 0 Å². The largest absolute Gasteiger partial charge is 0.335 e. The maximum Gasteiger partial charge on any atom is 0.255 e. The van der Waals surface area contributed by atoms with Crippen molar-refractivity contribution in [2.45, 2.75) is 44.6 Å². The number of likely N-dealkylation sites (tertiary alicyclic amines) is 1. The zero-order valence-corrected chi connectivity index (χ0v) is 13.8. The zero-order valence-electron chi connectivity index (χ0n) is 11.4. The second-order valence-electron chi connectivity index (χ2n) is 5.88. The summed E-state index contributed by atoms with van der Waals surface area (Å²) >= 11 is 9.63. The summed E-state index contributed by atoms with van der Waals surface area (Å²) in [6, 6.07) is 5.94. The van der Waals surface area contributed by atoms with Gasteiger partial charge in [-0.2, -0.15) is 0 Å². The third kappa shape index (κ3) is 2.75. The summed E-state index contributed by atoms with van der Waals surface area (Å²) < 4.78 is 0.905. The molecule has 0 spiro atoms. The topological polar surface area (TPSA) is 20.3 Å². The van der Waals surface area contributed by atoms with E-state index >= 15 is 0 Å². The first kappa shape index (κ1) is 14.4. The van der Waals surface area contributed by atoms with E-state index in [0.717, 1.165) is 23.9 Å². The number of benzene rings is 1. The van der Waals surface area contributed by atoms with Gasteiger partial charge in [-0.25, -0.2) is 0 Å². The van der Waals surface area contributed by atoms with E-state index < -0.39 is 0 Å². The molecule has 1 saturated heterocycles. The molecule has 1 unspecified atom stereocenters. The molecule has 1 aromatic carbocycles. The van der Waals surface area contributed by atoms with Crippen molar-refractivity contribution in [2.75, 3.05) is 6.54 Å². The average molecular weight is 357 g/mol. The molecule has 2 nitrogen and oxygen atoms in total. The number of carbonyl (C=O) groups is 1. The average Bonchev–Trinajstić information content (AvgIpc) is 3.10. The standard InChI is InChI=1S/C16H19BrClNO/c17-12-7-8-14(18)13(10-12)16(20)19-9-3-6-15(19)11-4-1-2-5-11/h7-8,10-11,15H,1-6,9H2. The molecule has 0 N–H and O–H groups in total. The van der Waals surface area contributed by atoms with Crippen molar-refractivity contribution in [1.82, 2.24) is 4.90 Å². The van der Waals surface area contributed by atoms with Gasteiger partial charge in [-0.05, 0) is 49.8 Å². The Labute approximate surface area is 133 Å². The van der Waals surface area contributed by atoms with Gasteiger partial charge < -0.3 is 4.90 Å². The van der Waals surface area contributed by atoms with Crippen molar-refractivity contribution in [3.8, 4) is 0 Å². The third-order valence-electron chi connectivity index (χ3n) is 4.66. The van der Waals surface area contributed by atoms with Crippen molar-refractivity contribution >= 4 is 33.4 Å². The number of hydrogen-bond acceptors (Lipinski definition) is 1. The predicted molar refractivity (Wildman–Crippen MR) is 85.2 cm³/mol. The quantitative estimate of drug-likeness (QED) is 0.738. The van der Waals surface area contributed by atoms with E-state index in [-0.39, 0.29) is 5.91 Å². The molecule has 1 aromatic rings. The van der Waals surface area contributed by atoms with E-state index in [4.69, 9.17) is 11.6 Å². The van der Waals surface area contributed by atoms with Crippen LogP contribution in [0.5, 0.6) is 0 Å². The van der Waals surface area contributed by atoms with Crippen LogP contribution < -0.4 is 0 Å². The van der Waals surface area contributed by atoms with Crippen LogP contribution in [0.4, 0.5) is 0 Å². The minimum Gasteiger partial charge on any atom is -0.335 e. The first-order valence-corrected chi connectivity index (χ1v) is 8.60. The van der Waals surface area contributed by atoms with Crippen molar-refractivity contribution < 1.29 is 4.79 Å². The molecule has 108 valence electrons. The summed E-state index contributed by atoms with van der Waals surface area (Å²) in [7, 11) is 0. The minimum absolute atomic E-state index is 0.103. The normalized spacial score (nSPS) is 23.5. The van der Waals surface area contributed by atoms with E-state index in [1.54, 1.807) is 6.07 Å². The van der Waals surface area contributed by atoms with E-state index in [9.17, 15) is 4.79 Å². The number of amides is 1. The Morgan fingerprint density at radius 2 is 1.95 bits per heavy atom. The Kier molecular flexibility index (Phi) is 4.37. The highest BCUT2D eigenvalue weighted by molar-refractivity contribution is 9.10. The summed E-state index contributed by atoms with van der Waals surface area (Å²) in [5.74, 6) is 0.804. The number of rotatable bonds is 2. The molecule has 1 aliphatic heterocycles. The number of halogens is 2. The van der Waals surface area contributed by atoms with Crippen molar-refractivity contribution in [3.05, 3.63) is 33.3 Å². The van der Waals surface area contributed by atoms with Crippen molar-refractivity contribution in [3.63, 3.8) is 0 Å². The van der Waals surface area contributed by atoms with E-state index in [1.165, 1.54) is 25.7 Å². The maximum atomic E-state index is 12.8. The molecular weight excluding hydrogens is 338 g/mol. The molecule has 2 fully saturated rings. The number of carbonyl (C=O) groups excluding carboxylic acids is 1. The third-order valence-corrected chi connectivity index (χ3v) is 5.49.